The van der Waals surface area contributed by atoms with Crippen LogP contribution in [0.5, 0.6) is 0 Å². The van der Waals surface area contributed by atoms with Crippen molar-refractivity contribution in [1.29, 1.82) is 0 Å². The zero-order chi connectivity index (χ0) is 24.2. The van der Waals surface area contributed by atoms with Crippen LogP contribution in [-0.2, 0) is 4.74 Å². The Balaban J connectivity index is 1.24. The number of likely N-dealkylation sites (tertiary alicyclic amines) is 1. The Labute approximate surface area is 205 Å². The summed E-state index contributed by atoms with van der Waals surface area (Å²) < 4.78 is 5.54. The molecule has 1 aliphatic heterocycles. The Kier molecular flexibility index (Phi) is 6.55. The van der Waals surface area contributed by atoms with Crippen molar-refractivity contribution >= 4 is 40.0 Å². The monoisotopic (exact) mass is 489 g/mol. The number of carbonyl (C=O) groups excluding carboxylic acids is 1. The van der Waals surface area contributed by atoms with Gasteiger partial charge in [0, 0.05) is 36.6 Å². The Hall–Kier alpha value is -4.03. The van der Waals surface area contributed by atoms with E-state index in [0.717, 1.165) is 25.2 Å². The maximum atomic E-state index is 12.4. The van der Waals surface area contributed by atoms with E-state index in [2.05, 4.69) is 45.4 Å². The molecule has 1 aliphatic rings. The molecule has 1 fully saturated rings. The van der Waals surface area contributed by atoms with Crippen LogP contribution in [0, 0.1) is 6.92 Å². The number of esters is 1. The minimum atomic E-state index is -0.423. The minimum absolute atomic E-state index is 0.0966. The summed E-state index contributed by atoms with van der Waals surface area (Å²) in [6, 6.07) is 9.17. The molecule has 0 aromatic carbocycles. The number of likely N-dealkylation sites (N-methyl/N-ethyl adjacent to an activating group) is 1. The van der Waals surface area contributed by atoms with Crippen LogP contribution in [0.3, 0.4) is 0 Å². The van der Waals surface area contributed by atoms with E-state index in [9.17, 15) is 4.79 Å². The molecule has 5 rings (SSSR count). The molecule has 0 bridgehead atoms. The van der Waals surface area contributed by atoms with Crippen LogP contribution in [0.15, 0.2) is 48.1 Å². The van der Waals surface area contributed by atoms with Crippen LogP contribution < -0.4 is 10.6 Å². The van der Waals surface area contributed by atoms with Crippen LogP contribution in [0.1, 0.15) is 22.6 Å². The number of rotatable bonds is 7. The summed E-state index contributed by atoms with van der Waals surface area (Å²) in [4.78, 5) is 40.9. The average Bonchev–Trinajstić information content (AvgIpc) is 3.48. The Bertz CT molecular complexity index is 1350. The van der Waals surface area contributed by atoms with Crippen molar-refractivity contribution in [1.82, 2.24) is 34.8 Å². The van der Waals surface area contributed by atoms with Gasteiger partial charge in [-0.25, -0.2) is 29.7 Å². The normalized spacial score (nSPS) is 15.7. The molecule has 0 radical (unpaired) electrons. The fraction of sp³-hybridized carbons (Fsp3) is 0.261. The summed E-state index contributed by atoms with van der Waals surface area (Å²) in [6.45, 7) is 3.58. The number of hydrogen-bond acceptors (Lipinski definition) is 12. The van der Waals surface area contributed by atoms with Crippen molar-refractivity contribution in [2.45, 2.75) is 19.4 Å². The highest BCUT2D eigenvalue weighted by atomic mass is 32.1. The van der Waals surface area contributed by atoms with Crippen LogP contribution in [0.25, 0.3) is 11.5 Å². The van der Waals surface area contributed by atoms with Gasteiger partial charge in [0.1, 0.15) is 23.4 Å². The molecule has 11 nitrogen and oxygen atoms in total. The number of ether oxygens (including phenoxy) is 1. The van der Waals surface area contributed by atoms with Gasteiger partial charge in [-0.15, -0.1) is 11.3 Å². The molecule has 0 unspecified atom stereocenters. The molecule has 0 spiro atoms. The minimum Gasteiger partial charge on any atom is -0.456 e. The third-order valence-corrected chi connectivity index (χ3v) is 6.00. The first-order valence-corrected chi connectivity index (χ1v) is 11.9. The number of thiazole rings is 1. The summed E-state index contributed by atoms with van der Waals surface area (Å²) in [5, 5.41) is 8.35. The topological polar surface area (TPSA) is 131 Å². The van der Waals surface area contributed by atoms with Gasteiger partial charge in [-0.1, -0.05) is 6.07 Å². The van der Waals surface area contributed by atoms with Crippen molar-refractivity contribution in [3.63, 3.8) is 0 Å². The molecule has 0 amide bonds. The Morgan fingerprint density at radius 3 is 2.69 bits per heavy atom. The van der Waals surface area contributed by atoms with Crippen LogP contribution in [-0.4, -0.2) is 67.0 Å². The summed E-state index contributed by atoms with van der Waals surface area (Å²) >= 11 is 1.28. The molecule has 12 heteroatoms. The molecule has 4 aromatic heterocycles. The summed E-state index contributed by atoms with van der Waals surface area (Å²) in [6.07, 6.45) is 4.01. The average molecular weight is 490 g/mol. The van der Waals surface area contributed by atoms with Gasteiger partial charge < -0.3 is 15.0 Å². The summed E-state index contributed by atoms with van der Waals surface area (Å²) in [7, 11) is 2.01. The zero-order valence-electron chi connectivity index (χ0n) is 19.2. The van der Waals surface area contributed by atoms with E-state index in [1.165, 1.54) is 11.3 Å². The second-order valence-corrected chi connectivity index (χ2v) is 8.92. The first-order valence-electron chi connectivity index (χ1n) is 11.0. The quantitative estimate of drug-likeness (QED) is 0.370. The molecule has 0 saturated carbocycles. The molecule has 2 N–H and O–H groups in total. The van der Waals surface area contributed by atoms with Crippen molar-refractivity contribution in [3.8, 4) is 11.5 Å². The number of nitrogens with one attached hydrogen (secondary N) is 2. The van der Waals surface area contributed by atoms with Crippen molar-refractivity contribution in [2.24, 2.45) is 0 Å². The third-order valence-electron chi connectivity index (χ3n) is 5.24. The molecule has 35 heavy (non-hydrogen) atoms. The van der Waals surface area contributed by atoms with Crippen molar-refractivity contribution in [3.05, 3.63) is 59.5 Å². The first-order chi connectivity index (χ1) is 17.0. The van der Waals surface area contributed by atoms with Gasteiger partial charge in [-0.2, -0.15) is 4.98 Å². The van der Waals surface area contributed by atoms with Gasteiger partial charge in [-0.3, -0.25) is 5.32 Å². The molecule has 0 aliphatic carbocycles. The predicted octanol–water partition coefficient (Wildman–Crippen LogP) is 3.44. The van der Waals surface area contributed by atoms with E-state index in [0.29, 0.717) is 34.2 Å². The second-order valence-electron chi connectivity index (χ2n) is 8.06. The predicted molar refractivity (Wildman–Crippen MR) is 132 cm³/mol. The lowest BCUT2D eigenvalue weighted by atomic mass is 10.3. The second kappa shape index (κ2) is 10.1. The highest BCUT2D eigenvalue weighted by Gasteiger charge is 2.24. The van der Waals surface area contributed by atoms with Crippen LogP contribution in [0.4, 0.5) is 22.7 Å². The van der Waals surface area contributed by atoms with Gasteiger partial charge in [0.15, 0.2) is 16.6 Å². The lowest BCUT2D eigenvalue weighted by Crippen LogP contribution is -2.22. The number of aromatic nitrogens is 6. The van der Waals surface area contributed by atoms with Gasteiger partial charge in [0.2, 0.25) is 5.95 Å². The van der Waals surface area contributed by atoms with Crippen molar-refractivity contribution in [2.75, 3.05) is 30.8 Å². The number of carbonyl (C=O) groups is 1. The molecule has 1 saturated heterocycles. The fourth-order valence-electron chi connectivity index (χ4n) is 3.56. The molecule has 5 heterocycles. The van der Waals surface area contributed by atoms with Gasteiger partial charge in [-0.05, 0) is 44.7 Å². The van der Waals surface area contributed by atoms with E-state index in [1.807, 2.05) is 32.2 Å². The smallest absolute Gasteiger partial charge is 0.358 e. The fourth-order valence-corrected chi connectivity index (χ4v) is 4.24. The number of hydrogen-bond donors (Lipinski definition) is 2. The molecular formula is C23H23N9O2S. The van der Waals surface area contributed by atoms with Crippen molar-refractivity contribution < 1.29 is 9.53 Å². The SMILES string of the molecule is Cc1cccc(-c2nccc(Nc3ccnc(Nc4nc(C(=O)O[C@@H]5CCN(C)C5)cs4)n3)n2)n1. The highest BCUT2D eigenvalue weighted by Crippen LogP contribution is 2.22. The van der Waals surface area contributed by atoms with Gasteiger partial charge in [0.05, 0.1) is 0 Å². The number of nitrogens with zero attached hydrogens (tertiary/aromatic N) is 7. The lowest BCUT2D eigenvalue weighted by Gasteiger charge is -2.10. The number of aryl methyl sites for hydroxylation is 1. The number of pyridine rings is 1. The first kappa shape index (κ1) is 22.7. The maximum Gasteiger partial charge on any atom is 0.358 e. The Morgan fingerprint density at radius 2 is 1.89 bits per heavy atom. The standard InChI is InChI=1S/C23H23N9O2S/c1-14-4-3-5-16(26-14)20-24-9-6-18(29-20)28-19-7-10-25-22(30-19)31-23-27-17(13-35-23)21(33)34-15-8-11-32(2)12-15/h3-7,9-10,13,15H,8,11-12H2,1-2H3,(H2,24,25,27,28,29,30,31)/t15-/m1/s1. The molecular weight excluding hydrogens is 466 g/mol. The largest absolute Gasteiger partial charge is 0.456 e. The van der Waals surface area contributed by atoms with Gasteiger partial charge >= 0.3 is 5.97 Å². The summed E-state index contributed by atoms with van der Waals surface area (Å²) in [5.41, 5.74) is 1.84. The van der Waals surface area contributed by atoms with E-state index < -0.39 is 5.97 Å². The maximum absolute atomic E-state index is 12.4. The van der Waals surface area contributed by atoms with Crippen LogP contribution >= 0.6 is 11.3 Å². The van der Waals surface area contributed by atoms with E-state index >= 15 is 0 Å². The Morgan fingerprint density at radius 1 is 1.06 bits per heavy atom. The molecule has 1 atom stereocenters. The molecule has 178 valence electrons. The summed E-state index contributed by atoms with van der Waals surface area (Å²) in [5.74, 6) is 1.52. The van der Waals surface area contributed by atoms with E-state index in [1.54, 1.807) is 29.9 Å². The van der Waals surface area contributed by atoms with E-state index in [4.69, 9.17) is 4.74 Å². The highest BCUT2D eigenvalue weighted by molar-refractivity contribution is 7.14. The van der Waals surface area contributed by atoms with Gasteiger partial charge in [0.25, 0.3) is 0 Å². The lowest BCUT2D eigenvalue weighted by molar-refractivity contribution is 0.0321. The van der Waals surface area contributed by atoms with Crippen LogP contribution in [0.2, 0.25) is 0 Å². The zero-order valence-corrected chi connectivity index (χ0v) is 20.0. The van der Waals surface area contributed by atoms with E-state index in [-0.39, 0.29) is 11.8 Å². The number of anilines is 4. The third kappa shape index (κ3) is 5.73. The molecule has 4 aromatic rings.